The molecular weight excluding hydrogens is 300 g/mol. The number of aliphatic hydroxyl groups is 1. The van der Waals surface area contributed by atoms with Crippen LogP contribution in [-0.4, -0.2) is 37.0 Å². The van der Waals surface area contributed by atoms with Gasteiger partial charge in [-0.1, -0.05) is 24.1 Å². The van der Waals surface area contributed by atoms with Gasteiger partial charge in [0.2, 0.25) is 10.0 Å². The van der Waals surface area contributed by atoms with Gasteiger partial charge in [0.15, 0.2) is 0 Å². The number of nitrogens with two attached hydrogens (primary N) is 1. The molecule has 20 heavy (non-hydrogen) atoms. The second-order valence-electron chi connectivity index (χ2n) is 4.94. The minimum atomic E-state index is -3.73. The fourth-order valence-electron chi connectivity index (χ4n) is 2.64. The fraction of sp³-hybridized carbons (Fsp3) is 0.538. The Labute approximate surface area is 124 Å². The Morgan fingerprint density at radius 3 is 2.80 bits per heavy atom. The number of hydrogen-bond donors (Lipinski definition) is 2. The predicted molar refractivity (Wildman–Crippen MR) is 79.1 cm³/mol. The Bertz CT molecular complexity index is 555. The van der Waals surface area contributed by atoms with E-state index in [4.69, 9.17) is 22.4 Å². The van der Waals surface area contributed by atoms with Crippen LogP contribution in [-0.2, 0) is 10.0 Å². The number of halogens is 1. The predicted octanol–water partition coefficient (Wildman–Crippen LogP) is 1.85. The van der Waals surface area contributed by atoms with E-state index in [9.17, 15) is 8.42 Å². The summed E-state index contributed by atoms with van der Waals surface area (Å²) < 4.78 is 27.0. The van der Waals surface area contributed by atoms with Crippen molar-refractivity contribution in [2.75, 3.05) is 18.9 Å². The minimum Gasteiger partial charge on any atom is -0.398 e. The minimum absolute atomic E-state index is 0.0218. The monoisotopic (exact) mass is 318 g/mol. The Balaban J connectivity index is 2.42. The summed E-state index contributed by atoms with van der Waals surface area (Å²) in [5.74, 6) is 0. The van der Waals surface area contributed by atoms with Gasteiger partial charge in [-0.2, -0.15) is 4.31 Å². The highest BCUT2D eigenvalue weighted by Gasteiger charge is 2.35. The van der Waals surface area contributed by atoms with E-state index in [0.29, 0.717) is 13.0 Å². The van der Waals surface area contributed by atoms with Gasteiger partial charge in [-0.3, -0.25) is 0 Å². The first-order chi connectivity index (χ1) is 9.48. The van der Waals surface area contributed by atoms with Crippen molar-refractivity contribution in [3.63, 3.8) is 0 Å². The van der Waals surface area contributed by atoms with Crippen LogP contribution >= 0.6 is 11.6 Å². The number of nitrogen functional groups attached to an aromatic ring is 1. The van der Waals surface area contributed by atoms with E-state index in [0.717, 1.165) is 19.3 Å². The molecule has 5 nitrogen and oxygen atoms in total. The van der Waals surface area contributed by atoms with Crippen molar-refractivity contribution in [1.82, 2.24) is 4.31 Å². The summed E-state index contributed by atoms with van der Waals surface area (Å²) in [6, 6.07) is 4.49. The van der Waals surface area contributed by atoms with Gasteiger partial charge in [0, 0.05) is 19.2 Å². The lowest BCUT2D eigenvalue weighted by molar-refractivity contribution is 0.192. The molecule has 0 amide bonds. The van der Waals surface area contributed by atoms with Gasteiger partial charge in [0.1, 0.15) is 4.90 Å². The highest BCUT2D eigenvalue weighted by molar-refractivity contribution is 7.89. The van der Waals surface area contributed by atoms with Crippen LogP contribution in [0.3, 0.4) is 0 Å². The molecule has 1 saturated heterocycles. The van der Waals surface area contributed by atoms with Crippen LogP contribution in [0.5, 0.6) is 0 Å². The Kier molecular flexibility index (Phi) is 4.90. The maximum atomic E-state index is 12.8. The van der Waals surface area contributed by atoms with E-state index < -0.39 is 10.0 Å². The van der Waals surface area contributed by atoms with Gasteiger partial charge in [-0.05, 0) is 31.4 Å². The molecule has 0 spiro atoms. The SMILES string of the molecule is Nc1cccc(Cl)c1S(=O)(=O)N1CCCCC1CCO. The Morgan fingerprint density at radius 1 is 1.40 bits per heavy atom. The van der Waals surface area contributed by atoms with E-state index in [1.807, 2.05) is 0 Å². The van der Waals surface area contributed by atoms with Crippen molar-refractivity contribution >= 4 is 27.3 Å². The Hall–Kier alpha value is -0.820. The number of rotatable bonds is 4. The number of piperidine rings is 1. The molecule has 1 aliphatic heterocycles. The number of aliphatic hydroxyl groups excluding tert-OH is 1. The highest BCUT2D eigenvalue weighted by atomic mass is 35.5. The van der Waals surface area contributed by atoms with Crippen molar-refractivity contribution in [3.8, 4) is 0 Å². The van der Waals surface area contributed by atoms with Crippen LogP contribution in [0.15, 0.2) is 23.1 Å². The fourth-order valence-corrected chi connectivity index (χ4v) is 5.00. The molecule has 2 rings (SSSR count). The second kappa shape index (κ2) is 6.30. The maximum absolute atomic E-state index is 12.8. The molecule has 1 unspecified atom stereocenters. The van der Waals surface area contributed by atoms with Crippen LogP contribution in [0.2, 0.25) is 5.02 Å². The molecule has 1 atom stereocenters. The molecule has 112 valence electrons. The first kappa shape index (κ1) is 15.6. The summed E-state index contributed by atoms with van der Waals surface area (Å²) in [4.78, 5) is -0.0218. The smallest absolute Gasteiger partial charge is 0.246 e. The molecule has 1 aromatic carbocycles. The summed E-state index contributed by atoms with van der Waals surface area (Å²) in [6.07, 6.45) is 2.97. The normalized spacial score (nSPS) is 21.0. The first-order valence-electron chi connectivity index (χ1n) is 6.65. The molecule has 0 radical (unpaired) electrons. The lowest BCUT2D eigenvalue weighted by atomic mass is 10.0. The number of anilines is 1. The number of sulfonamides is 1. The van der Waals surface area contributed by atoms with Crippen molar-refractivity contribution in [2.45, 2.75) is 36.6 Å². The van der Waals surface area contributed by atoms with Crippen molar-refractivity contribution in [1.29, 1.82) is 0 Å². The molecule has 0 aromatic heterocycles. The Morgan fingerprint density at radius 2 is 2.15 bits per heavy atom. The molecule has 1 fully saturated rings. The van der Waals surface area contributed by atoms with Crippen LogP contribution < -0.4 is 5.73 Å². The van der Waals surface area contributed by atoms with Crippen molar-refractivity contribution < 1.29 is 13.5 Å². The molecule has 0 saturated carbocycles. The third kappa shape index (κ3) is 2.93. The molecule has 7 heteroatoms. The zero-order valence-corrected chi connectivity index (χ0v) is 12.7. The average molecular weight is 319 g/mol. The lowest BCUT2D eigenvalue weighted by Crippen LogP contribution is -2.44. The largest absolute Gasteiger partial charge is 0.398 e. The summed E-state index contributed by atoms with van der Waals surface area (Å²) >= 11 is 6.02. The lowest BCUT2D eigenvalue weighted by Gasteiger charge is -2.34. The molecule has 1 aromatic rings. The third-order valence-electron chi connectivity index (χ3n) is 3.60. The summed E-state index contributed by atoms with van der Waals surface area (Å²) in [5.41, 5.74) is 5.95. The highest BCUT2D eigenvalue weighted by Crippen LogP contribution is 2.33. The number of hydrogen-bond acceptors (Lipinski definition) is 4. The molecule has 3 N–H and O–H groups in total. The van der Waals surface area contributed by atoms with Crippen LogP contribution in [0.1, 0.15) is 25.7 Å². The van der Waals surface area contributed by atoms with Gasteiger partial charge >= 0.3 is 0 Å². The first-order valence-corrected chi connectivity index (χ1v) is 8.47. The van der Waals surface area contributed by atoms with E-state index in [2.05, 4.69) is 0 Å². The standard InChI is InChI=1S/C13H19ClN2O3S/c14-11-5-3-6-12(15)13(11)20(18,19)16-8-2-1-4-10(16)7-9-17/h3,5-6,10,17H,1-2,4,7-9,15H2. The molecule has 1 heterocycles. The van der Waals surface area contributed by atoms with Crippen molar-refractivity contribution in [3.05, 3.63) is 23.2 Å². The summed E-state index contributed by atoms with van der Waals surface area (Å²) in [6.45, 7) is 0.409. The van der Waals surface area contributed by atoms with Crippen LogP contribution in [0.25, 0.3) is 0 Å². The average Bonchev–Trinajstić information content (AvgIpc) is 2.39. The van der Waals surface area contributed by atoms with Crippen molar-refractivity contribution in [2.24, 2.45) is 0 Å². The number of benzene rings is 1. The van der Waals surface area contributed by atoms with Crippen LogP contribution in [0.4, 0.5) is 5.69 Å². The molecule has 0 aliphatic carbocycles. The maximum Gasteiger partial charge on any atom is 0.246 e. The second-order valence-corrected chi connectivity index (χ2v) is 7.17. The van der Waals surface area contributed by atoms with Crippen LogP contribution in [0, 0.1) is 0 Å². The van der Waals surface area contributed by atoms with E-state index >= 15 is 0 Å². The summed E-state index contributed by atoms with van der Waals surface area (Å²) in [7, 11) is -3.73. The van der Waals surface area contributed by atoms with Gasteiger partial charge in [0.25, 0.3) is 0 Å². The van der Waals surface area contributed by atoms with E-state index in [1.54, 1.807) is 6.07 Å². The van der Waals surface area contributed by atoms with E-state index in [1.165, 1.54) is 16.4 Å². The molecule has 0 bridgehead atoms. The van der Waals surface area contributed by atoms with E-state index in [-0.39, 0.29) is 28.3 Å². The number of nitrogens with zero attached hydrogens (tertiary/aromatic N) is 1. The topological polar surface area (TPSA) is 83.6 Å². The van der Waals surface area contributed by atoms with Gasteiger partial charge in [0.05, 0.1) is 10.7 Å². The van der Waals surface area contributed by atoms with Gasteiger partial charge in [-0.25, -0.2) is 8.42 Å². The molecule has 1 aliphatic rings. The zero-order valence-electron chi connectivity index (χ0n) is 11.1. The summed E-state index contributed by atoms with van der Waals surface area (Å²) in [5, 5.41) is 9.25. The third-order valence-corrected chi connectivity index (χ3v) is 6.10. The molecular formula is C13H19ClN2O3S. The zero-order chi connectivity index (χ0) is 14.8. The van der Waals surface area contributed by atoms with Gasteiger partial charge in [-0.15, -0.1) is 0 Å². The van der Waals surface area contributed by atoms with Gasteiger partial charge < -0.3 is 10.8 Å². The quantitative estimate of drug-likeness (QED) is 0.830.